The summed E-state index contributed by atoms with van der Waals surface area (Å²) in [6.07, 6.45) is -1.59. The van der Waals surface area contributed by atoms with Crippen LogP contribution in [-0.2, 0) is 16.1 Å². The summed E-state index contributed by atoms with van der Waals surface area (Å²) in [5.74, 6) is -0.924. The van der Waals surface area contributed by atoms with Crippen molar-refractivity contribution in [3.63, 3.8) is 0 Å². The first-order chi connectivity index (χ1) is 19.8. The van der Waals surface area contributed by atoms with E-state index in [4.69, 9.17) is 9.47 Å². The zero-order valence-electron chi connectivity index (χ0n) is 22.5. The largest absolute Gasteiger partial charge is 0.496 e. The number of amides is 3. The number of nitrogens with one attached hydrogen (secondary N) is 2. The van der Waals surface area contributed by atoms with Crippen LogP contribution >= 0.6 is 0 Å². The van der Waals surface area contributed by atoms with Gasteiger partial charge in [-0.1, -0.05) is 60.2 Å². The van der Waals surface area contributed by atoms with Crippen LogP contribution in [0.1, 0.15) is 33.2 Å². The Morgan fingerprint density at radius 1 is 0.902 bits per heavy atom. The summed E-state index contributed by atoms with van der Waals surface area (Å²) in [7, 11) is 1.49. The molecular formula is C32H28FN3O5. The first-order valence-corrected chi connectivity index (χ1v) is 13.0. The third-order valence-electron chi connectivity index (χ3n) is 6.77. The van der Waals surface area contributed by atoms with E-state index in [9.17, 15) is 18.8 Å². The minimum absolute atomic E-state index is 0.143. The van der Waals surface area contributed by atoms with Crippen LogP contribution in [0.25, 0.3) is 0 Å². The lowest BCUT2D eigenvalue weighted by molar-refractivity contribution is -0.121. The van der Waals surface area contributed by atoms with E-state index in [-0.39, 0.29) is 18.1 Å². The van der Waals surface area contributed by atoms with Gasteiger partial charge in [0.05, 0.1) is 19.2 Å². The second-order valence-corrected chi connectivity index (χ2v) is 9.64. The molecule has 1 aliphatic heterocycles. The molecule has 0 spiro atoms. The van der Waals surface area contributed by atoms with Crippen molar-refractivity contribution in [2.75, 3.05) is 17.7 Å². The molecule has 9 heteroatoms. The zero-order valence-corrected chi connectivity index (χ0v) is 22.5. The molecule has 2 atom stereocenters. The molecule has 0 radical (unpaired) electrons. The van der Waals surface area contributed by atoms with Crippen LogP contribution in [0.2, 0.25) is 0 Å². The van der Waals surface area contributed by atoms with E-state index < -0.39 is 30.0 Å². The monoisotopic (exact) mass is 553 g/mol. The van der Waals surface area contributed by atoms with E-state index in [1.165, 1.54) is 30.2 Å². The van der Waals surface area contributed by atoms with Crippen LogP contribution in [0, 0.1) is 12.7 Å². The molecule has 2 N–H and O–H groups in total. The lowest BCUT2D eigenvalue weighted by Gasteiger charge is -2.24. The number of aryl methyl sites for hydroxylation is 1. The number of hydrogen-bond acceptors (Lipinski definition) is 5. The smallest absolute Gasteiger partial charge is 0.411 e. The first-order valence-electron chi connectivity index (χ1n) is 13.0. The van der Waals surface area contributed by atoms with Crippen molar-refractivity contribution in [1.82, 2.24) is 4.90 Å². The Morgan fingerprint density at radius 3 is 2.34 bits per heavy atom. The second-order valence-electron chi connectivity index (χ2n) is 9.64. The molecule has 0 aromatic heterocycles. The molecule has 208 valence electrons. The van der Waals surface area contributed by atoms with Gasteiger partial charge in [0.15, 0.2) is 12.1 Å². The number of hydrogen-bond donors (Lipinski definition) is 2. The Balaban J connectivity index is 1.40. The molecule has 8 nitrogen and oxygen atoms in total. The van der Waals surface area contributed by atoms with Gasteiger partial charge in [0.2, 0.25) is 0 Å². The molecular weight excluding hydrogens is 525 g/mol. The standard InChI is InChI=1S/C32H28FN3O5/c1-20-10-12-21(13-11-20)19-36-28(31(38)35-25-7-5-6-23(33)18-25)29(41-32(36)39)22-14-16-24(17-15-22)34-30(37)26-8-3-4-9-27(26)40-2/h3-18,28-29H,19H2,1-2H3,(H,34,37)(H,35,38)/t28-,29-/m1/s1. The van der Waals surface area contributed by atoms with Gasteiger partial charge in [-0.25, -0.2) is 9.18 Å². The predicted molar refractivity (Wildman–Crippen MR) is 152 cm³/mol. The number of carbonyl (C=O) groups excluding carboxylic acids is 3. The highest BCUT2D eigenvalue weighted by Gasteiger charge is 2.47. The molecule has 1 saturated heterocycles. The lowest BCUT2D eigenvalue weighted by atomic mass is 10.00. The Kier molecular flexibility index (Phi) is 7.96. The molecule has 0 bridgehead atoms. The van der Waals surface area contributed by atoms with Gasteiger partial charge in [0.25, 0.3) is 11.8 Å². The van der Waals surface area contributed by atoms with Crippen molar-refractivity contribution in [1.29, 1.82) is 0 Å². The molecule has 41 heavy (non-hydrogen) atoms. The summed E-state index contributed by atoms with van der Waals surface area (Å²) in [5.41, 5.74) is 3.59. The van der Waals surface area contributed by atoms with Crippen LogP contribution in [-0.4, -0.2) is 36.0 Å². The Morgan fingerprint density at radius 2 is 1.63 bits per heavy atom. The van der Waals surface area contributed by atoms with E-state index >= 15 is 0 Å². The van der Waals surface area contributed by atoms with Crippen LogP contribution in [0.5, 0.6) is 5.75 Å². The van der Waals surface area contributed by atoms with Gasteiger partial charge in [0, 0.05) is 11.4 Å². The summed E-state index contributed by atoms with van der Waals surface area (Å²) < 4.78 is 24.8. The van der Waals surface area contributed by atoms with Gasteiger partial charge in [-0.15, -0.1) is 0 Å². The topological polar surface area (TPSA) is 97.0 Å². The fourth-order valence-electron chi connectivity index (χ4n) is 4.67. The number of nitrogens with zero attached hydrogens (tertiary/aromatic N) is 1. The van der Waals surface area contributed by atoms with Crippen LogP contribution in [0.4, 0.5) is 20.6 Å². The normalized spacial score (nSPS) is 16.2. The summed E-state index contributed by atoms with van der Waals surface area (Å²) in [4.78, 5) is 40.8. The quantitative estimate of drug-likeness (QED) is 0.275. The molecule has 4 aromatic rings. The van der Waals surface area contributed by atoms with Gasteiger partial charge >= 0.3 is 6.09 Å². The third-order valence-corrected chi connectivity index (χ3v) is 6.77. The SMILES string of the molecule is COc1ccccc1C(=O)Nc1ccc([C@H]2OC(=O)N(Cc3ccc(C)cc3)[C@H]2C(=O)Nc2cccc(F)c2)cc1. The summed E-state index contributed by atoms with van der Waals surface area (Å²) in [6, 6.07) is 25.7. The fraction of sp³-hybridized carbons (Fsp3) is 0.156. The summed E-state index contributed by atoms with van der Waals surface area (Å²) in [5, 5.41) is 5.54. The van der Waals surface area contributed by atoms with E-state index in [1.807, 2.05) is 31.2 Å². The fourth-order valence-corrected chi connectivity index (χ4v) is 4.67. The van der Waals surface area contributed by atoms with E-state index in [0.717, 1.165) is 11.1 Å². The number of benzene rings is 4. The van der Waals surface area contributed by atoms with Gasteiger partial charge in [-0.05, 0) is 60.5 Å². The molecule has 1 fully saturated rings. The predicted octanol–water partition coefficient (Wildman–Crippen LogP) is 6.10. The number of methoxy groups -OCH3 is 1. The summed E-state index contributed by atoms with van der Waals surface area (Å²) in [6.45, 7) is 2.10. The van der Waals surface area contributed by atoms with Crippen LogP contribution < -0.4 is 15.4 Å². The molecule has 0 aliphatic carbocycles. The highest BCUT2D eigenvalue weighted by molar-refractivity contribution is 6.06. The summed E-state index contributed by atoms with van der Waals surface area (Å²) >= 11 is 0. The molecule has 3 amide bonds. The molecule has 0 saturated carbocycles. The molecule has 0 unspecified atom stereocenters. The third kappa shape index (κ3) is 6.19. The average Bonchev–Trinajstić information content (AvgIpc) is 3.30. The van der Waals surface area contributed by atoms with Crippen molar-refractivity contribution in [3.8, 4) is 5.75 Å². The van der Waals surface area contributed by atoms with Crippen LogP contribution in [0.15, 0.2) is 97.1 Å². The second kappa shape index (κ2) is 11.9. The first kappa shape index (κ1) is 27.4. The molecule has 5 rings (SSSR count). The number of carbonyl (C=O) groups is 3. The van der Waals surface area contributed by atoms with Crippen LogP contribution in [0.3, 0.4) is 0 Å². The zero-order chi connectivity index (χ0) is 28.9. The minimum atomic E-state index is -1.04. The van der Waals surface area contributed by atoms with Gasteiger partial charge in [0.1, 0.15) is 11.6 Å². The maximum atomic E-state index is 13.8. The van der Waals surface area contributed by atoms with Gasteiger partial charge < -0.3 is 20.1 Å². The number of halogens is 1. The van der Waals surface area contributed by atoms with E-state index in [1.54, 1.807) is 54.6 Å². The Hall–Kier alpha value is -5.18. The Labute approximate surface area is 236 Å². The van der Waals surface area contributed by atoms with Crippen molar-refractivity contribution >= 4 is 29.3 Å². The van der Waals surface area contributed by atoms with Crippen molar-refractivity contribution in [2.24, 2.45) is 0 Å². The highest BCUT2D eigenvalue weighted by Crippen LogP contribution is 2.35. The molecule has 4 aromatic carbocycles. The number of ether oxygens (including phenoxy) is 2. The highest BCUT2D eigenvalue weighted by atomic mass is 19.1. The minimum Gasteiger partial charge on any atom is -0.496 e. The lowest BCUT2D eigenvalue weighted by Crippen LogP contribution is -2.43. The maximum Gasteiger partial charge on any atom is 0.411 e. The molecule has 1 heterocycles. The number of rotatable bonds is 8. The van der Waals surface area contributed by atoms with Gasteiger partial charge in [-0.3, -0.25) is 14.5 Å². The van der Waals surface area contributed by atoms with Crippen molar-refractivity contribution in [2.45, 2.75) is 25.6 Å². The van der Waals surface area contributed by atoms with E-state index in [0.29, 0.717) is 22.6 Å². The van der Waals surface area contributed by atoms with Crippen molar-refractivity contribution in [3.05, 3.63) is 125 Å². The molecule has 1 aliphatic rings. The number of cyclic esters (lactones) is 1. The van der Waals surface area contributed by atoms with Gasteiger partial charge in [-0.2, -0.15) is 0 Å². The van der Waals surface area contributed by atoms with E-state index in [2.05, 4.69) is 10.6 Å². The number of para-hydroxylation sites is 1. The van der Waals surface area contributed by atoms with Crippen molar-refractivity contribution < 1.29 is 28.2 Å². The average molecular weight is 554 g/mol. The maximum absolute atomic E-state index is 13.8. The Bertz CT molecular complexity index is 1570. The number of anilines is 2.